The Kier molecular flexibility index (Phi) is 6.22. The highest BCUT2D eigenvalue weighted by Gasteiger charge is 2.30. The number of carbonyl (C=O) groups excluding carboxylic acids is 2. The molecule has 4 rings (SSSR count). The molecule has 1 saturated heterocycles. The van der Waals surface area contributed by atoms with E-state index in [2.05, 4.69) is 39.4 Å². The second-order valence-corrected chi connectivity index (χ2v) is 7.65. The van der Waals surface area contributed by atoms with Gasteiger partial charge in [-0.05, 0) is 17.2 Å². The third-order valence-corrected chi connectivity index (χ3v) is 5.63. The molecule has 1 unspecified atom stereocenters. The van der Waals surface area contributed by atoms with Crippen molar-refractivity contribution in [2.75, 3.05) is 39.3 Å². The van der Waals surface area contributed by atoms with Gasteiger partial charge in [0.1, 0.15) is 0 Å². The molecule has 1 amide bonds. The molecule has 6 nitrogen and oxygen atoms in total. The maximum Gasteiger partial charge on any atom is 0.339 e. The van der Waals surface area contributed by atoms with Gasteiger partial charge in [0.25, 0.3) is 5.91 Å². The first-order chi connectivity index (χ1) is 14.2. The number of benzene rings is 2. The first kappa shape index (κ1) is 19.6. The van der Waals surface area contributed by atoms with Gasteiger partial charge < -0.3 is 10.1 Å². The van der Waals surface area contributed by atoms with Crippen LogP contribution >= 0.6 is 0 Å². The molecule has 0 spiro atoms. The Bertz CT molecular complexity index is 847. The number of hydrogen-bond donors (Lipinski definition) is 1. The van der Waals surface area contributed by atoms with Gasteiger partial charge in [0, 0.05) is 52.2 Å². The van der Waals surface area contributed by atoms with Crippen LogP contribution in [-0.2, 0) is 22.5 Å². The Balaban J connectivity index is 1.17. The summed E-state index contributed by atoms with van der Waals surface area (Å²) in [6.45, 7) is 6.40. The fraction of sp³-hybridized carbons (Fsp3) is 0.391. The number of carbonyl (C=O) groups is 2. The van der Waals surface area contributed by atoms with E-state index in [1.54, 1.807) is 12.1 Å². The van der Waals surface area contributed by atoms with E-state index in [1.807, 2.05) is 18.2 Å². The van der Waals surface area contributed by atoms with E-state index in [-0.39, 0.29) is 5.91 Å². The summed E-state index contributed by atoms with van der Waals surface area (Å²) >= 11 is 0. The van der Waals surface area contributed by atoms with Crippen molar-refractivity contribution in [2.45, 2.75) is 19.1 Å². The van der Waals surface area contributed by atoms with Crippen molar-refractivity contribution in [2.24, 2.45) is 0 Å². The van der Waals surface area contributed by atoms with Crippen LogP contribution in [0.25, 0.3) is 0 Å². The second kappa shape index (κ2) is 9.20. The molecule has 2 aliphatic heterocycles. The van der Waals surface area contributed by atoms with Gasteiger partial charge in [-0.2, -0.15) is 0 Å². The normalized spacial score (nSPS) is 20.0. The third-order valence-electron chi connectivity index (χ3n) is 5.63. The Hall–Kier alpha value is -2.70. The summed E-state index contributed by atoms with van der Waals surface area (Å²) in [5.74, 6) is -0.628. The van der Waals surface area contributed by atoms with Gasteiger partial charge in [-0.3, -0.25) is 14.6 Å². The molecule has 152 valence electrons. The number of amides is 1. The minimum atomic E-state index is -0.736. The number of rotatable bonds is 6. The quantitative estimate of drug-likeness (QED) is 0.757. The maximum atomic E-state index is 12.4. The molecule has 1 fully saturated rings. The molecule has 2 aliphatic rings. The Morgan fingerprint density at radius 2 is 1.66 bits per heavy atom. The van der Waals surface area contributed by atoms with Crippen molar-refractivity contribution in [3.05, 3.63) is 71.3 Å². The molecule has 2 aromatic rings. The van der Waals surface area contributed by atoms with Gasteiger partial charge in [-0.15, -0.1) is 0 Å². The van der Waals surface area contributed by atoms with Gasteiger partial charge in [0.2, 0.25) is 0 Å². The molecule has 0 bridgehead atoms. The number of esters is 1. The molecular weight excluding hydrogens is 366 g/mol. The highest BCUT2D eigenvalue weighted by Crippen LogP contribution is 2.20. The van der Waals surface area contributed by atoms with Crippen LogP contribution in [0.15, 0.2) is 54.6 Å². The van der Waals surface area contributed by atoms with Crippen molar-refractivity contribution in [3.63, 3.8) is 0 Å². The van der Waals surface area contributed by atoms with Crippen LogP contribution in [0.1, 0.15) is 21.5 Å². The van der Waals surface area contributed by atoms with Crippen LogP contribution in [0.5, 0.6) is 0 Å². The van der Waals surface area contributed by atoms with Gasteiger partial charge >= 0.3 is 5.97 Å². The standard InChI is InChI=1S/C23H27N3O3/c27-22(21-16-19-8-4-5-9-20(19)23(28)29-21)24-10-11-25-12-14-26(15-13-25)17-18-6-2-1-3-7-18/h1-9,21H,10-17H2,(H,24,27). The smallest absolute Gasteiger partial charge is 0.339 e. The Morgan fingerprint density at radius 3 is 2.45 bits per heavy atom. The van der Waals surface area contributed by atoms with Crippen molar-refractivity contribution in [1.82, 2.24) is 15.1 Å². The highest BCUT2D eigenvalue weighted by molar-refractivity contribution is 5.95. The Labute approximate surface area is 171 Å². The van der Waals surface area contributed by atoms with Crippen LogP contribution in [0.2, 0.25) is 0 Å². The molecule has 0 aliphatic carbocycles. The molecule has 0 saturated carbocycles. The van der Waals surface area contributed by atoms with E-state index in [9.17, 15) is 9.59 Å². The molecule has 0 aromatic heterocycles. The predicted octanol–water partition coefficient (Wildman–Crippen LogP) is 1.70. The Morgan fingerprint density at radius 1 is 0.966 bits per heavy atom. The average molecular weight is 393 g/mol. The molecule has 0 radical (unpaired) electrons. The summed E-state index contributed by atoms with van der Waals surface area (Å²) < 4.78 is 5.32. The topological polar surface area (TPSA) is 61.9 Å². The fourth-order valence-electron chi connectivity index (χ4n) is 3.94. The average Bonchev–Trinajstić information content (AvgIpc) is 2.75. The third kappa shape index (κ3) is 5.02. The molecule has 2 heterocycles. The number of cyclic esters (lactones) is 1. The number of ether oxygens (including phenoxy) is 1. The second-order valence-electron chi connectivity index (χ2n) is 7.65. The van der Waals surface area contributed by atoms with E-state index in [0.29, 0.717) is 18.5 Å². The van der Waals surface area contributed by atoms with Crippen LogP contribution in [0, 0.1) is 0 Å². The molecule has 2 aromatic carbocycles. The summed E-state index contributed by atoms with van der Waals surface area (Å²) in [6.07, 6.45) is -0.300. The zero-order chi connectivity index (χ0) is 20.1. The maximum absolute atomic E-state index is 12.4. The SMILES string of the molecule is O=C1OC(C(=O)NCCN2CCN(Cc3ccccc3)CC2)Cc2ccccc21. The van der Waals surface area contributed by atoms with Crippen molar-refractivity contribution in [1.29, 1.82) is 0 Å². The lowest BCUT2D eigenvalue weighted by molar-refractivity contribution is -0.130. The number of nitrogens with zero attached hydrogens (tertiary/aromatic N) is 2. The number of hydrogen-bond acceptors (Lipinski definition) is 5. The summed E-state index contributed by atoms with van der Waals surface area (Å²) in [4.78, 5) is 29.3. The lowest BCUT2D eigenvalue weighted by Gasteiger charge is -2.34. The summed E-state index contributed by atoms with van der Waals surface area (Å²) in [5, 5.41) is 2.93. The van der Waals surface area contributed by atoms with Crippen LogP contribution in [0.3, 0.4) is 0 Å². The molecule has 29 heavy (non-hydrogen) atoms. The summed E-state index contributed by atoms with van der Waals surface area (Å²) in [5.41, 5.74) is 2.78. The summed E-state index contributed by atoms with van der Waals surface area (Å²) in [7, 11) is 0. The first-order valence-corrected chi connectivity index (χ1v) is 10.2. The predicted molar refractivity (Wildman–Crippen MR) is 111 cm³/mol. The van der Waals surface area contributed by atoms with E-state index in [0.717, 1.165) is 44.8 Å². The van der Waals surface area contributed by atoms with Crippen molar-refractivity contribution in [3.8, 4) is 0 Å². The zero-order valence-electron chi connectivity index (χ0n) is 16.5. The van der Waals surface area contributed by atoms with Gasteiger partial charge in [0.15, 0.2) is 6.10 Å². The zero-order valence-corrected chi connectivity index (χ0v) is 16.5. The van der Waals surface area contributed by atoms with E-state index >= 15 is 0 Å². The fourth-order valence-corrected chi connectivity index (χ4v) is 3.94. The molecule has 6 heteroatoms. The number of piperazine rings is 1. The van der Waals surface area contributed by atoms with Gasteiger partial charge in [0.05, 0.1) is 5.56 Å². The van der Waals surface area contributed by atoms with Crippen LogP contribution in [0.4, 0.5) is 0 Å². The van der Waals surface area contributed by atoms with E-state index in [1.165, 1.54) is 5.56 Å². The van der Waals surface area contributed by atoms with Gasteiger partial charge in [-0.1, -0.05) is 48.5 Å². The molecule has 1 N–H and O–H groups in total. The minimum Gasteiger partial charge on any atom is -0.448 e. The largest absolute Gasteiger partial charge is 0.448 e. The lowest BCUT2D eigenvalue weighted by Crippen LogP contribution is -2.49. The number of fused-ring (bicyclic) bond motifs is 1. The lowest BCUT2D eigenvalue weighted by atomic mass is 9.98. The van der Waals surface area contributed by atoms with Gasteiger partial charge in [-0.25, -0.2) is 4.79 Å². The van der Waals surface area contributed by atoms with E-state index in [4.69, 9.17) is 4.74 Å². The van der Waals surface area contributed by atoms with E-state index < -0.39 is 12.1 Å². The molecule has 1 atom stereocenters. The number of nitrogens with one attached hydrogen (secondary N) is 1. The first-order valence-electron chi connectivity index (χ1n) is 10.2. The minimum absolute atomic E-state index is 0.212. The molecular formula is C23H27N3O3. The van der Waals surface area contributed by atoms with Crippen LogP contribution in [-0.4, -0.2) is 67.0 Å². The van der Waals surface area contributed by atoms with Crippen molar-refractivity contribution < 1.29 is 14.3 Å². The monoisotopic (exact) mass is 393 g/mol. The summed E-state index contributed by atoms with van der Waals surface area (Å²) in [6, 6.07) is 17.8. The van der Waals surface area contributed by atoms with Crippen molar-refractivity contribution >= 4 is 11.9 Å². The highest BCUT2D eigenvalue weighted by atomic mass is 16.5. The van der Waals surface area contributed by atoms with Crippen LogP contribution < -0.4 is 5.32 Å².